The van der Waals surface area contributed by atoms with Gasteiger partial charge in [-0.2, -0.15) is 0 Å². The monoisotopic (exact) mass is 276 g/mol. The molecule has 0 atom stereocenters. The highest BCUT2D eigenvalue weighted by molar-refractivity contribution is 5.85. The summed E-state index contributed by atoms with van der Waals surface area (Å²) < 4.78 is 6.27. The summed E-state index contributed by atoms with van der Waals surface area (Å²) in [5.74, 6) is -0.356. The highest BCUT2D eigenvalue weighted by Crippen LogP contribution is 2.20. The highest BCUT2D eigenvalue weighted by Gasteiger charge is 2.16. The van der Waals surface area contributed by atoms with Crippen LogP contribution in [0.1, 0.15) is 23.1 Å². The smallest absolute Gasteiger partial charge is 0.376 e. The van der Waals surface area contributed by atoms with Crippen molar-refractivity contribution in [3.63, 3.8) is 0 Å². The number of esters is 1. The van der Waals surface area contributed by atoms with E-state index in [-0.39, 0.29) is 18.1 Å². The van der Waals surface area contributed by atoms with E-state index in [0.29, 0.717) is 11.4 Å². The summed E-state index contributed by atoms with van der Waals surface area (Å²) in [6, 6.07) is 1.55. The molecule has 0 spiro atoms. The molecule has 0 saturated carbocycles. The first-order chi connectivity index (χ1) is 9.52. The molecule has 0 radical (unpaired) electrons. The van der Waals surface area contributed by atoms with Gasteiger partial charge in [-0.25, -0.2) is 14.8 Å². The average Bonchev–Trinajstić information content (AvgIpc) is 2.81. The quantitative estimate of drug-likeness (QED) is 0.478. The lowest BCUT2D eigenvalue weighted by atomic mass is 10.3. The standard InChI is InChI=1S/C12H12N4O4/c1-3-20-12(17)11-13-5-4-10(14-11)15-6-8(2)9(7-15)16(18)19/h4-7H,3H2,1-2H3. The number of nitrogens with zero attached hydrogens (tertiary/aromatic N) is 4. The molecule has 104 valence electrons. The number of carbonyl (C=O) groups excluding carboxylic acids is 1. The number of hydrogen-bond donors (Lipinski definition) is 0. The van der Waals surface area contributed by atoms with Crippen LogP contribution in [0.4, 0.5) is 5.69 Å². The van der Waals surface area contributed by atoms with Crippen LogP contribution in [0.2, 0.25) is 0 Å². The first-order valence-electron chi connectivity index (χ1n) is 5.86. The van der Waals surface area contributed by atoms with Gasteiger partial charge in [-0.15, -0.1) is 0 Å². The van der Waals surface area contributed by atoms with E-state index >= 15 is 0 Å². The average molecular weight is 276 g/mol. The molecule has 20 heavy (non-hydrogen) atoms. The number of hydrogen-bond acceptors (Lipinski definition) is 6. The molecule has 0 bridgehead atoms. The topological polar surface area (TPSA) is 100 Å². The number of aryl methyl sites for hydroxylation is 1. The molecule has 2 heterocycles. The third-order valence-electron chi connectivity index (χ3n) is 2.56. The third kappa shape index (κ3) is 2.63. The number of rotatable bonds is 4. The Morgan fingerprint density at radius 2 is 2.25 bits per heavy atom. The lowest BCUT2D eigenvalue weighted by molar-refractivity contribution is -0.385. The van der Waals surface area contributed by atoms with Crippen LogP contribution < -0.4 is 0 Å². The second-order valence-corrected chi connectivity index (χ2v) is 3.95. The molecule has 8 heteroatoms. The van der Waals surface area contributed by atoms with Crippen molar-refractivity contribution in [2.75, 3.05) is 6.61 Å². The fourth-order valence-electron chi connectivity index (χ4n) is 1.66. The minimum atomic E-state index is -0.632. The molecule has 2 aromatic heterocycles. The molecule has 0 N–H and O–H groups in total. The lowest BCUT2D eigenvalue weighted by Gasteiger charge is -2.03. The number of nitro groups is 1. The zero-order valence-corrected chi connectivity index (χ0v) is 10.9. The first kappa shape index (κ1) is 13.7. The SMILES string of the molecule is CCOC(=O)c1nccc(-n2cc(C)c([N+](=O)[O-])c2)n1. The van der Waals surface area contributed by atoms with E-state index in [1.807, 2.05) is 0 Å². The number of carbonyl (C=O) groups is 1. The predicted octanol–water partition coefficient (Wildman–Crippen LogP) is 1.66. The van der Waals surface area contributed by atoms with Crippen molar-refractivity contribution in [2.24, 2.45) is 0 Å². The molecule has 8 nitrogen and oxygen atoms in total. The maximum atomic E-state index is 11.5. The zero-order valence-electron chi connectivity index (χ0n) is 10.9. The van der Waals surface area contributed by atoms with Gasteiger partial charge in [0, 0.05) is 18.0 Å². The molecule has 0 fully saturated rings. The third-order valence-corrected chi connectivity index (χ3v) is 2.56. The highest BCUT2D eigenvalue weighted by atomic mass is 16.6. The van der Waals surface area contributed by atoms with Gasteiger partial charge >= 0.3 is 5.97 Å². The van der Waals surface area contributed by atoms with Gasteiger partial charge in [0.2, 0.25) is 5.82 Å². The summed E-state index contributed by atoms with van der Waals surface area (Å²) in [4.78, 5) is 29.7. The molecule has 0 aromatic carbocycles. The van der Waals surface area contributed by atoms with Crippen LogP contribution in [0, 0.1) is 17.0 Å². The predicted molar refractivity (Wildman–Crippen MR) is 68.7 cm³/mol. The summed E-state index contributed by atoms with van der Waals surface area (Å²) >= 11 is 0. The molecule has 2 aromatic rings. The summed E-state index contributed by atoms with van der Waals surface area (Å²) in [5.41, 5.74) is 0.493. The van der Waals surface area contributed by atoms with Gasteiger partial charge in [0.1, 0.15) is 5.82 Å². The van der Waals surface area contributed by atoms with Crippen molar-refractivity contribution in [1.29, 1.82) is 0 Å². The van der Waals surface area contributed by atoms with E-state index in [0.717, 1.165) is 0 Å². The fraction of sp³-hybridized carbons (Fsp3) is 0.250. The van der Waals surface area contributed by atoms with Gasteiger partial charge in [0.25, 0.3) is 5.69 Å². The molecule has 2 rings (SSSR count). The van der Waals surface area contributed by atoms with Crippen molar-refractivity contribution in [3.05, 3.63) is 46.2 Å². The van der Waals surface area contributed by atoms with Crippen LogP contribution >= 0.6 is 0 Å². The van der Waals surface area contributed by atoms with Gasteiger partial charge in [-0.3, -0.25) is 10.1 Å². The number of aromatic nitrogens is 3. The van der Waals surface area contributed by atoms with Crippen molar-refractivity contribution in [3.8, 4) is 5.82 Å². The fourth-order valence-corrected chi connectivity index (χ4v) is 1.66. The molecule has 0 aliphatic rings. The molecule has 0 aliphatic heterocycles. The van der Waals surface area contributed by atoms with E-state index in [2.05, 4.69) is 9.97 Å². The molecular formula is C12H12N4O4. The molecule has 0 saturated heterocycles. The molecular weight excluding hydrogens is 264 g/mol. The van der Waals surface area contributed by atoms with Crippen LogP contribution in [0.25, 0.3) is 5.82 Å². The zero-order chi connectivity index (χ0) is 14.7. The van der Waals surface area contributed by atoms with Gasteiger partial charge in [0.15, 0.2) is 0 Å². The Hall–Kier alpha value is -2.77. The molecule has 0 amide bonds. The van der Waals surface area contributed by atoms with Crippen LogP contribution in [0.3, 0.4) is 0 Å². The Balaban J connectivity index is 2.38. The Morgan fingerprint density at radius 3 is 2.85 bits per heavy atom. The normalized spacial score (nSPS) is 10.3. The van der Waals surface area contributed by atoms with Crippen LogP contribution in [0.15, 0.2) is 24.7 Å². The summed E-state index contributed by atoms with van der Waals surface area (Å²) in [7, 11) is 0. The Bertz CT molecular complexity index is 665. The van der Waals surface area contributed by atoms with Crippen LogP contribution in [0.5, 0.6) is 0 Å². The van der Waals surface area contributed by atoms with Gasteiger partial charge in [0.05, 0.1) is 17.7 Å². The van der Waals surface area contributed by atoms with Crippen molar-refractivity contribution >= 4 is 11.7 Å². The summed E-state index contributed by atoms with van der Waals surface area (Å²) in [5, 5.41) is 10.8. The van der Waals surface area contributed by atoms with Gasteiger partial charge in [-0.05, 0) is 19.9 Å². The second-order valence-electron chi connectivity index (χ2n) is 3.95. The van der Waals surface area contributed by atoms with Gasteiger partial charge in [-0.1, -0.05) is 0 Å². The minimum absolute atomic E-state index is 0.0127. The van der Waals surface area contributed by atoms with E-state index in [1.165, 1.54) is 17.0 Å². The Kier molecular flexibility index (Phi) is 3.74. The van der Waals surface area contributed by atoms with Crippen LogP contribution in [-0.4, -0.2) is 32.0 Å². The maximum absolute atomic E-state index is 11.5. The van der Waals surface area contributed by atoms with Gasteiger partial charge < -0.3 is 9.30 Å². The Morgan fingerprint density at radius 1 is 1.50 bits per heavy atom. The van der Waals surface area contributed by atoms with E-state index in [1.54, 1.807) is 26.1 Å². The van der Waals surface area contributed by atoms with Crippen molar-refractivity contribution in [1.82, 2.24) is 14.5 Å². The van der Waals surface area contributed by atoms with Crippen LogP contribution in [-0.2, 0) is 4.74 Å². The van der Waals surface area contributed by atoms with Crippen molar-refractivity contribution < 1.29 is 14.5 Å². The Labute approximate surface area is 114 Å². The first-order valence-corrected chi connectivity index (χ1v) is 5.86. The summed E-state index contributed by atoms with van der Waals surface area (Å²) in [6.45, 7) is 3.53. The lowest BCUT2D eigenvalue weighted by Crippen LogP contribution is -2.11. The van der Waals surface area contributed by atoms with Crippen molar-refractivity contribution in [2.45, 2.75) is 13.8 Å². The number of ether oxygens (including phenoxy) is 1. The van der Waals surface area contributed by atoms with E-state index in [4.69, 9.17) is 4.74 Å². The minimum Gasteiger partial charge on any atom is -0.460 e. The molecule has 0 aliphatic carbocycles. The summed E-state index contributed by atoms with van der Waals surface area (Å²) in [6.07, 6.45) is 4.30. The maximum Gasteiger partial charge on any atom is 0.376 e. The largest absolute Gasteiger partial charge is 0.460 e. The van der Waals surface area contributed by atoms with E-state index < -0.39 is 10.9 Å². The second kappa shape index (κ2) is 5.47. The molecule has 0 unspecified atom stereocenters. The van der Waals surface area contributed by atoms with E-state index in [9.17, 15) is 14.9 Å².